The van der Waals surface area contributed by atoms with Crippen molar-refractivity contribution in [1.29, 1.82) is 0 Å². The third-order valence-corrected chi connectivity index (χ3v) is 3.14. The van der Waals surface area contributed by atoms with Gasteiger partial charge in [-0.2, -0.15) is 13.2 Å². The topological polar surface area (TPSA) is 12.9 Å². The molecule has 0 aromatic carbocycles. The minimum atomic E-state index is -4.44. The zero-order chi connectivity index (χ0) is 13.8. The van der Waals surface area contributed by atoms with Gasteiger partial charge >= 0.3 is 6.18 Å². The van der Waals surface area contributed by atoms with E-state index in [1.807, 2.05) is 6.92 Å². The molecule has 0 N–H and O–H groups in total. The zero-order valence-electron chi connectivity index (χ0n) is 10.5. The number of hydrogen-bond acceptors (Lipinski definition) is 1. The van der Waals surface area contributed by atoms with Crippen LogP contribution in [0.15, 0.2) is 12.1 Å². The molecule has 0 saturated heterocycles. The maximum Gasteiger partial charge on any atom is 0.433 e. The first kappa shape index (κ1) is 15.3. The van der Waals surface area contributed by atoms with E-state index in [0.29, 0.717) is 5.69 Å². The Labute approximate surface area is 110 Å². The maximum absolute atomic E-state index is 12.6. The predicted octanol–water partition coefficient (Wildman–Crippen LogP) is 5.44. The second-order valence-electron chi connectivity index (χ2n) is 4.34. The van der Waals surface area contributed by atoms with Gasteiger partial charge in [0, 0.05) is 16.6 Å². The van der Waals surface area contributed by atoms with Gasteiger partial charge in [0.1, 0.15) is 5.69 Å². The van der Waals surface area contributed by atoms with Crippen molar-refractivity contribution >= 4 is 11.6 Å². The molecule has 0 aliphatic carbocycles. The summed E-state index contributed by atoms with van der Waals surface area (Å²) in [5.41, 5.74) is -0.453. The van der Waals surface area contributed by atoms with Gasteiger partial charge in [-0.05, 0) is 25.0 Å². The van der Waals surface area contributed by atoms with Crippen molar-refractivity contribution in [3.63, 3.8) is 0 Å². The van der Waals surface area contributed by atoms with Crippen LogP contribution >= 0.6 is 11.6 Å². The predicted molar refractivity (Wildman–Crippen MR) is 66.8 cm³/mol. The molecule has 1 rings (SSSR count). The van der Waals surface area contributed by atoms with Crippen LogP contribution in [0.4, 0.5) is 13.2 Å². The molecule has 102 valence electrons. The molecule has 1 unspecified atom stereocenters. The monoisotopic (exact) mass is 279 g/mol. The van der Waals surface area contributed by atoms with Crippen LogP contribution in [0, 0.1) is 0 Å². The molecule has 0 aliphatic rings. The average molecular weight is 280 g/mol. The molecule has 0 radical (unpaired) electrons. The standard InChI is InChI=1S/C13H17ClF3N/c1-3-5-6-9(4-2)11-7-10(14)8-12(18-11)13(15,16)17/h7-9H,3-6H2,1-2H3. The van der Waals surface area contributed by atoms with Gasteiger partial charge in [-0.3, -0.25) is 0 Å². The first-order chi connectivity index (χ1) is 8.38. The van der Waals surface area contributed by atoms with Crippen LogP contribution in [0.25, 0.3) is 0 Å². The van der Waals surface area contributed by atoms with Crippen LogP contribution in [0.2, 0.25) is 5.02 Å². The minimum absolute atomic E-state index is 0.0461. The maximum atomic E-state index is 12.6. The Bertz CT molecular complexity index is 390. The van der Waals surface area contributed by atoms with E-state index in [-0.39, 0.29) is 10.9 Å². The van der Waals surface area contributed by atoms with Crippen molar-refractivity contribution < 1.29 is 13.2 Å². The molecule has 0 fully saturated rings. The van der Waals surface area contributed by atoms with E-state index >= 15 is 0 Å². The smallest absolute Gasteiger partial charge is 0.248 e. The Morgan fingerprint density at radius 1 is 1.28 bits per heavy atom. The molecule has 18 heavy (non-hydrogen) atoms. The normalized spacial score (nSPS) is 13.7. The fourth-order valence-electron chi connectivity index (χ4n) is 1.88. The summed E-state index contributed by atoms with van der Waals surface area (Å²) in [4.78, 5) is 3.72. The van der Waals surface area contributed by atoms with Gasteiger partial charge < -0.3 is 0 Å². The number of hydrogen-bond donors (Lipinski definition) is 0. The van der Waals surface area contributed by atoms with E-state index in [9.17, 15) is 13.2 Å². The van der Waals surface area contributed by atoms with Crippen molar-refractivity contribution in [1.82, 2.24) is 4.98 Å². The van der Waals surface area contributed by atoms with E-state index in [0.717, 1.165) is 31.7 Å². The average Bonchev–Trinajstić information content (AvgIpc) is 2.28. The van der Waals surface area contributed by atoms with Crippen LogP contribution in [0.1, 0.15) is 56.8 Å². The Hall–Kier alpha value is -0.770. The molecule has 0 bridgehead atoms. The number of rotatable bonds is 5. The van der Waals surface area contributed by atoms with Crippen LogP contribution < -0.4 is 0 Å². The second-order valence-corrected chi connectivity index (χ2v) is 4.78. The summed E-state index contributed by atoms with van der Waals surface area (Å²) in [6, 6.07) is 2.41. The third-order valence-electron chi connectivity index (χ3n) is 2.92. The van der Waals surface area contributed by atoms with Crippen LogP contribution in [0.5, 0.6) is 0 Å². The lowest BCUT2D eigenvalue weighted by atomic mass is 9.95. The Morgan fingerprint density at radius 2 is 1.94 bits per heavy atom. The third kappa shape index (κ3) is 4.16. The first-order valence-electron chi connectivity index (χ1n) is 6.13. The molecule has 0 spiro atoms. The van der Waals surface area contributed by atoms with Crippen LogP contribution in [-0.2, 0) is 6.18 Å². The van der Waals surface area contributed by atoms with E-state index in [1.165, 1.54) is 0 Å². The molecule has 0 saturated carbocycles. The molecule has 0 aliphatic heterocycles. The van der Waals surface area contributed by atoms with Gasteiger partial charge in [0.2, 0.25) is 0 Å². The van der Waals surface area contributed by atoms with Crippen LogP contribution in [0.3, 0.4) is 0 Å². The SMILES string of the molecule is CCCCC(CC)c1cc(Cl)cc(C(F)(F)F)n1. The number of nitrogens with zero attached hydrogens (tertiary/aromatic N) is 1. The lowest BCUT2D eigenvalue weighted by Crippen LogP contribution is -2.11. The zero-order valence-corrected chi connectivity index (χ0v) is 11.3. The van der Waals surface area contributed by atoms with Gasteiger partial charge in [0.15, 0.2) is 0 Å². The van der Waals surface area contributed by atoms with Crippen LogP contribution in [-0.4, -0.2) is 4.98 Å². The highest BCUT2D eigenvalue weighted by Gasteiger charge is 2.33. The number of alkyl halides is 3. The Balaban J connectivity index is 3.04. The number of unbranched alkanes of at least 4 members (excludes halogenated alkanes) is 1. The van der Waals surface area contributed by atoms with E-state index in [4.69, 9.17) is 11.6 Å². The molecular formula is C13H17ClF3N. The quantitative estimate of drug-likeness (QED) is 0.699. The lowest BCUT2D eigenvalue weighted by Gasteiger charge is -2.16. The summed E-state index contributed by atoms with van der Waals surface area (Å²) in [6.45, 7) is 4.01. The first-order valence-corrected chi connectivity index (χ1v) is 6.51. The van der Waals surface area contributed by atoms with E-state index < -0.39 is 11.9 Å². The highest BCUT2D eigenvalue weighted by molar-refractivity contribution is 6.30. The Kier molecular flexibility index (Phi) is 5.45. The summed E-state index contributed by atoms with van der Waals surface area (Å²) in [5.74, 6) is 0.0461. The van der Waals surface area contributed by atoms with Crippen molar-refractivity contribution in [2.24, 2.45) is 0 Å². The molecule has 1 atom stereocenters. The highest BCUT2D eigenvalue weighted by Crippen LogP contribution is 2.33. The summed E-state index contributed by atoms with van der Waals surface area (Å²) in [7, 11) is 0. The largest absolute Gasteiger partial charge is 0.433 e. The molecule has 5 heteroatoms. The summed E-state index contributed by atoms with van der Waals surface area (Å²) < 4.78 is 37.9. The van der Waals surface area contributed by atoms with E-state index in [2.05, 4.69) is 11.9 Å². The number of pyridine rings is 1. The van der Waals surface area contributed by atoms with Crippen molar-refractivity contribution in [2.45, 2.75) is 51.6 Å². The molecule has 1 aromatic heterocycles. The van der Waals surface area contributed by atoms with Gasteiger partial charge in [-0.15, -0.1) is 0 Å². The highest BCUT2D eigenvalue weighted by atomic mass is 35.5. The van der Waals surface area contributed by atoms with E-state index in [1.54, 1.807) is 6.07 Å². The fraction of sp³-hybridized carbons (Fsp3) is 0.615. The number of aromatic nitrogens is 1. The number of halogens is 4. The lowest BCUT2D eigenvalue weighted by molar-refractivity contribution is -0.141. The molecule has 0 amide bonds. The fourth-order valence-corrected chi connectivity index (χ4v) is 2.10. The van der Waals surface area contributed by atoms with Crippen molar-refractivity contribution in [2.75, 3.05) is 0 Å². The van der Waals surface area contributed by atoms with Gasteiger partial charge in [0.05, 0.1) is 0 Å². The van der Waals surface area contributed by atoms with Crippen molar-refractivity contribution in [3.05, 3.63) is 28.5 Å². The van der Waals surface area contributed by atoms with Crippen molar-refractivity contribution in [3.8, 4) is 0 Å². The summed E-state index contributed by atoms with van der Waals surface area (Å²) >= 11 is 5.75. The Morgan fingerprint density at radius 3 is 2.44 bits per heavy atom. The van der Waals surface area contributed by atoms with Gasteiger partial charge in [0.25, 0.3) is 0 Å². The molecule has 1 nitrogen and oxygen atoms in total. The summed E-state index contributed by atoms with van der Waals surface area (Å²) in [5, 5.41) is 0.0993. The summed E-state index contributed by atoms with van der Waals surface area (Å²) in [6.07, 6.45) is -0.831. The molecular weight excluding hydrogens is 263 g/mol. The molecule has 1 aromatic rings. The molecule has 1 heterocycles. The second kappa shape index (κ2) is 6.41. The minimum Gasteiger partial charge on any atom is -0.248 e. The van der Waals surface area contributed by atoms with Gasteiger partial charge in [-0.1, -0.05) is 38.3 Å². The van der Waals surface area contributed by atoms with Gasteiger partial charge in [-0.25, -0.2) is 4.98 Å².